The average Bonchev–Trinajstić information content (AvgIpc) is 3.25. The van der Waals surface area contributed by atoms with Crippen molar-refractivity contribution in [3.8, 4) is 35.2 Å². The standard InChI is InChI=1S/C51H54N4O13/c1-21(2)32-28-19-24-17-26-22(13-15-30(56)35(26)41(58)33(24)44(61)50(28,67)46(63)37(39(32)52)48(53)65)11-9-7-5-6-8-10-12-23-14-16-31(57)36-27(23)18-25-20-29-40(55(3)4)43(60)38(49(54)66)47(64)51(29,68)45(62)34(25)42(36)59/h13-16,21,24-25,28-29,32,38,40,43,52,56-60,63,67-68H,5-8,17-20H2,1-4H3,(H2,53,65)(H2,54,66)/t24-,25-,28-,29-,32?,38?,40-,43?,50-,51-/m1/s1. The van der Waals surface area contributed by atoms with Gasteiger partial charge in [0.05, 0.1) is 22.9 Å². The number of aliphatic hydroxyl groups excluding tert-OH is 4. The molecule has 2 amide bonds. The van der Waals surface area contributed by atoms with Gasteiger partial charge < -0.3 is 62.6 Å². The Kier molecular flexibility index (Phi) is 12.0. The summed E-state index contributed by atoms with van der Waals surface area (Å²) in [7, 11) is 3.17. The van der Waals surface area contributed by atoms with Crippen LogP contribution in [0, 0.1) is 70.5 Å². The number of aliphatic hydroxyl groups is 6. The molecule has 0 radical (unpaired) electrons. The number of nitrogens with two attached hydrogens (primary N) is 2. The quantitative estimate of drug-likeness (QED) is 0.108. The highest BCUT2D eigenvalue weighted by Crippen LogP contribution is 2.56. The molecule has 8 rings (SSSR count). The molecule has 3 fully saturated rings. The molecule has 0 aromatic heterocycles. The van der Waals surface area contributed by atoms with Crippen LogP contribution in [-0.2, 0) is 36.8 Å². The number of nitrogens with zero attached hydrogens (tertiary/aromatic N) is 1. The Labute approximate surface area is 391 Å². The molecule has 0 bridgehead atoms. The molecule has 17 heteroatoms. The number of likely N-dealkylation sites (N-methyl/N-ethyl adjacent to an activating group) is 1. The van der Waals surface area contributed by atoms with Gasteiger partial charge in [0.25, 0.3) is 5.91 Å². The first-order valence-electron chi connectivity index (χ1n) is 22.6. The van der Waals surface area contributed by atoms with Crippen molar-refractivity contribution >= 4 is 46.4 Å². The fourth-order valence-corrected chi connectivity index (χ4v) is 12.1. The summed E-state index contributed by atoms with van der Waals surface area (Å²) < 4.78 is 0. The molecular formula is C51H54N4O13. The molecule has 10 atom stereocenters. The normalized spacial score (nSPS) is 30.6. The van der Waals surface area contributed by atoms with E-state index in [9.17, 15) is 64.8 Å². The zero-order chi connectivity index (χ0) is 49.6. The third-order valence-corrected chi connectivity index (χ3v) is 15.2. The Morgan fingerprint density at radius 2 is 1.25 bits per heavy atom. The number of fused-ring (bicyclic) bond motifs is 6. The highest BCUT2D eigenvalue weighted by molar-refractivity contribution is 6.26. The first kappa shape index (κ1) is 47.7. The second kappa shape index (κ2) is 17.1. The van der Waals surface area contributed by atoms with Crippen LogP contribution >= 0.6 is 0 Å². The van der Waals surface area contributed by atoms with Crippen molar-refractivity contribution in [1.29, 1.82) is 5.41 Å². The molecule has 6 aliphatic rings. The van der Waals surface area contributed by atoms with E-state index in [1.165, 1.54) is 17.0 Å². The van der Waals surface area contributed by atoms with Gasteiger partial charge >= 0.3 is 0 Å². The van der Waals surface area contributed by atoms with E-state index in [4.69, 9.17) is 16.9 Å². The van der Waals surface area contributed by atoms with Crippen molar-refractivity contribution < 1.29 is 64.8 Å². The van der Waals surface area contributed by atoms with Crippen molar-refractivity contribution in [3.05, 3.63) is 80.1 Å². The molecule has 0 saturated heterocycles. The number of nitrogens with one attached hydrogen (secondary N) is 1. The molecule has 356 valence electrons. The number of primary amides is 2. The number of phenols is 2. The summed E-state index contributed by atoms with van der Waals surface area (Å²) in [5.41, 5.74) is 6.12. The molecule has 6 aliphatic carbocycles. The Morgan fingerprint density at radius 3 is 1.69 bits per heavy atom. The van der Waals surface area contributed by atoms with Gasteiger partial charge in [0.15, 0.2) is 17.0 Å². The third kappa shape index (κ3) is 6.93. The molecule has 0 heterocycles. The summed E-state index contributed by atoms with van der Waals surface area (Å²) in [6.07, 6.45) is 0.846. The van der Waals surface area contributed by atoms with Crippen molar-refractivity contribution in [2.24, 2.45) is 52.9 Å². The van der Waals surface area contributed by atoms with Gasteiger partial charge in [0.1, 0.15) is 40.3 Å². The summed E-state index contributed by atoms with van der Waals surface area (Å²) in [5.74, 6) is -2.63. The fraction of sp³-hybridized carbons (Fsp3) is 0.451. The van der Waals surface area contributed by atoms with Crippen molar-refractivity contribution in [1.82, 2.24) is 4.90 Å². The molecule has 2 aromatic carbocycles. The van der Waals surface area contributed by atoms with Crippen LogP contribution in [-0.4, -0.2) is 118 Å². The molecule has 3 unspecified atom stereocenters. The van der Waals surface area contributed by atoms with Gasteiger partial charge in [-0.05, 0) is 106 Å². The lowest BCUT2D eigenvalue weighted by atomic mass is 9.54. The monoisotopic (exact) mass is 930 g/mol. The molecular weight excluding hydrogens is 877 g/mol. The maximum atomic E-state index is 14.2. The highest BCUT2D eigenvalue weighted by atomic mass is 16.3. The minimum atomic E-state index is -2.76. The number of carbonyl (C=O) groups is 5. The summed E-state index contributed by atoms with van der Waals surface area (Å²) in [6.45, 7) is 3.54. The van der Waals surface area contributed by atoms with Crippen LogP contribution < -0.4 is 11.5 Å². The Bertz CT molecular complexity index is 2870. The maximum Gasteiger partial charge on any atom is 0.254 e. The first-order valence-corrected chi connectivity index (χ1v) is 22.6. The lowest BCUT2D eigenvalue weighted by Crippen LogP contribution is -2.73. The molecule has 17 nitrogen and oxygen atoms in total. The predicted octanol–water partition coefficient (Wildman–Crippen LogP) is 2.16. The third-order valence-electron chi connectivity index (χ3n) is 15.2. The number of hydrogen-bond acceptors (Lipinski definition) is 15. The number of phenolic OH excluding ortho intramolecular Hbond substituents is 2. The van der Waals surface area contributed by atoms with Crippen LogP contribution in [0.1, 0.15) is 85.8 Å². The predicted molar refractivity (Wildman–Crippen MR) is 244 cm³/mol. The number of ketones is 3. The number of carbonyl (C=O) groups excluding carboxylic acids is 5. The Balaban J connectivity index is 0.984. The second-order valence-electron chi connectivity index (χ2n) is 19.4. The van der Waals surface area contributed by atoms with Gasteiger partial charge in [-0.3, -0.25) is 24.0 Å². The molecule has 0 aliphatic heterocycles. The number of unbranched alkanes of at least 4 members (excludes halogenated alkanes) is 3. The zero-order valence-corrected chi connectivity index (χ0v) is 37.9. The number of benzene rings is 2. The molecule has 68 heavy (non-hydrogen) atoms. The molecule has 13 N–H and O–H groups in total. The van der Waals surface area contributed by atoms with E-state index >= 15 is 0 Å². The van der Waals surface area contributed by atoms with Gasteiger partial charge in [-0.1, -0.05) is 37.5 Å². The molecule has 3 saturated carbocycles. The van der Waals surface area contributed by atoms with E-state index in [0.717, 1.165) is 0 Å². The van der Waals surface area contributed by atoms with Crippen molar-refractivity contribution in [3.63, 3.8) is 0 Å². The Hall–Kier alpha value is -6.76. The largest absolute Gasteiger partial charge is 0.508 e. The summed E-state index contributed by atoms with van der Waals surface area (Å²) in [5, 5.41) is 99.8. The SMILES string of the molecule is CC(C)C1C(=N)C(C(N)=O)=C(O)[C@]2(O)C(=O)C3=C(O)c4c(O)ccc(C#CCCCCC#Cc5ccc(O)c6c5C[C@@H]5C[C@@H]7[C@@H](N(C)C)C(O)C(C(N)=O)C(=O)[C@]7(O)C(=O)C5=C6O)c4C[C@@H]3C[C@H]12. The zero-order valence-electron chi connectivity index (χ0n) is 37.9. The van der Waals surface area contributed by atoms with Gasteiger partial charge in [-0.2, -0.15) is 0 Å². The summed E-state index contributed by atoms with van der Waals surface area (Å²) in [6, 6.07) is 4.86. The second-order valence-corrected chi connectivity index (χ2v) is 19.4. The number of hydrogen-bond donors (Lipinski definition) is 11. The van der Waals surface area contributed by atoms with Crippen LogP contribution in [0.15, 0.2) is 46.7 Å². The lowest BCUT2D eigenvalue weighted by Gasteiger charge is -2.53. The summed E-state index contributed by atoms with van der Waals surface area (Å²) >= 11 is 0. The average molecular weight is 931 g/mol. The van der Waals surface area contributed by atoms with E-state index < -0.39 is 111 Å². The van der Waals surface area contributed by atoms with Crippen molar-refractivity contribution in [2.75, 3.05) is 14.1 Å². The minimum Gasteiger partial charge on any atom is -0.508 e. The number of amides is 2. The highest BCUT2D eigenvalue weighted by Gasteiger charge is 2.68. The van der Waals surface area contributed by atoms with E-state index in [2.05, 4.69) is 23.7 Å². The van der Waals surface area contributed by atoms with Crippen molar-refractivity contribution in [2.45, 2.75) is 88.6 Å². The van der Waals surface area contributed by atoms with Crippen LogP contribution in [0.25, 0.3) is 11.5 Å². The molecule has 0 spiro atoms. The van der Waals surface area contributed by atoms with Gasteiger partial charge in [-0.15, -0.1) is 0 Å². The fourth-order valence-electron chi connectivity index (χ4n) is 12.1. The van der Waals surface area contributed by atoms with Crippen LogP contribution in [0.5, 0.6) is 11.5 Å². The smallest absolute Gasteiger partial charge is 0.254 e. The van der Waals surface area contributed by atoms with Gasteiger partial charge in [-0.25, -0.2) is 0 Å². The summed E-state index contributed by atoms with van der Waals surface area (Å²) in [4.78, 5) is 68.1. The van der Waals surface area contributed by atoms with Gasteiger partial charge in [0.2, 0.25) is 17.5 Å². The lowest BCUT2D eigenvalue weighted by molar-refractivity contribution is -0.184. The maximum absolute atomic E-state index is 14.2. The van der Waals surface area contributed by atoms with E-state index in [0.29, 0.717) is 47.9 Å². The molecule has 2 aromatic rings. The van der Waals surface area contributed by atoms with E-state index in [-0.39, 0.29) is 71.1 Å². The Morgan fingerprint density at radius 1 is 0.779 bits per heavy atom. The van der Waals surface area contributed by atoms with E-state index in [1.54, 1.807) is 40.1 Å². The topological polar surface area (TPSA) is 326 Å². The van der Waals surface area contributed by atoms with Gasteiger partial charge in [0, 0.05) is 58.9 Å². The number of aromatic hydroxyl groups is 2. The van der Waals surface area contributed by atoms with E-state index in [1.807, 2.05) is 0 Å². The number of rotatable bonds is 7. The minimum absolute atomic E-state index is 0.0205. The van der Waals surface area contributed by atoms with Crippen LogP contribution in [0.2, 0.25) is 0 Å². The van der Waals surface area contributed by atoms with Crippen LogP contribution in [0.4, 0.5) is 0 Å². The number of Topliss-reactive ketones (excluding diaryl/α,β-unsaturated/α-hetero) is 3. The first-order chi connectivity index (χ1) is 32.0. The van der Waals surface area contributed by atoms with Crippen LogP contribution in [0.3, 0.4) is 0 Å².